The lowest BCUT2D eigenvalue weighted by molar-refractivity contribution is 0.209. The summed E-state index contributed by atoms with van der Waals surface area (Å²) in [6.45, 7) is 8.67. The second-order valence-electron chi connectivity index (χ2n) is 6.90. The fourth-order valence-corrected chi connectivity index (χ4v) is 2.09. The summed E-state index contributed by atoms with van der Waals surface area (Å²) in [5.41, 5.74) is 0.0662. The summed E-state index contributed by atoms with van der Waals surface area (Å²) < 4.78 is 0. The number of rotatable bonds is 6. The summed E-state index contributed by atoms with van der Waals surface area (Å²) >= 11 is 0. The summed E-state index contributed by atoms with van der Waals surface area (Å²) in [5, 5.41) is 6.11. The molecule has 3 nitrogen and oxygen atoms in total. The predicted octanol–water partition coefficient (Wildman–Crippen LogP) is 3.30. The van der Waals surface area contributed by atoms with E-state index in [1.54, 1.807) is 0 Å². The van der Waals surface area contributed by atoms with Gasteiger partial charge in [-0.05, 0) is 37.0 Å². The molecule has 1 aliphatic carbocycles. The van der Waals surface area contributed by atoms with E-state index in [1.165, 1.54) is 0 Å². The van der Waals surface area contributed by atoms with Crippen LogP contribution in [0.4, 0.5) is 4.79 Å². The van der Waals surface area contributed by atoms with Gasteiger partial charge in [0.15, 0.2) is 0 Å². The van der Waals surface area contributed by atoms with Gasteiger partial charge in [0.1, 0.15) is 0 Å². The van der Waals surface area contributed by atoms with Gasteiger partial charge in [-0.3, -0.25) is 0 Å². The second-order valence-corrected chi connectivity index (χ2v) is 6.90. The van der Waals surface area contributed by atoms with Gasteiger partial charge in [0.25, 0.3) is 0 Å². The van der Waals surface area contributed by atoms with Crippen molar-refractivity contribution in [3.8, 4) is 12.3 Å². The fraction of sp³-hybridized carbons (Fsp3) is 0.812. The molecule has 2 atom stereocenters. The molecule has 0 aromatic carbocycles. The van der Waals surface area contributed by atoms with Crippen LogP contribution in [0.15, 0.2) is 0 Å². The van der Waals surface area contributed by atoms with Crippen LogP contribution < -0.4 is 10.6 Å². The second kappa shape index (κ2) is 6.84. The first-order valence-corrected chi connectivity index (χ1v) is 7.33. The van der Waals surface area contributed by atoms with Crippen LogP contribution in [-0.4, -0.2) is 18.1 Å². The van der Waals surface area contributed by atoms with Gasteiger partial charge in [-0.15, -0.1) is 12.3 Å². The van der Waals surface area contributed by atoms with Crippen LogP contribution in [0.2, 0.25) is 0 Å². The molecule has 1 fully saturated rings. The van der Waals surface area contributed by atoms with E-state index in [-0.39, 0.29) is 17.5 Å². The molecule has 0 bridgehead atoms. The Morgan fingerprint density at radius 2 is 2.00 bits per heavy atom. The molecule has 0 aliphatic heterocycles. The standard InChI is InChI=1S/C16H28N2O/c1-6-7-12(2)8-11-14(16(3,4)5)18-15(19)17-13-9-10-13/h1,12-14H,7-11H2,2-5H3,(H2,17,18,19). The highest BCUT2D eigenvalue weighted by molar-refractivity contribution is 5.75. The van der Waals surface area contributed by atoms with Gasteiger partial charge in [-0.25, -0.2) is 4.79 Å². The van der Waals surface area contributed by atoms with E-state index in [0.29, 0.717) is 12.0 Å². The van der Waals surface area contributed by atoms with Crippen molar-refractivity contribution in [1.82, 2.24) is 10.6 Å². The minimum atomic E-state index is -0.0213. The molecule has 0 radical (unpaired) electrons. The number of hydrogen-bond acceptors (Lipinski definition) is 1. The maximum atomic E-state index is 11.9. The molecular weight excluding hydrogens is 236 g/mol. The molecule has 3 heteroatoms. The highest BCUT2D eigenvalue weighted by atomic mass is 16.2. The molecule has 2 unspecified atom stereocenters. The van der Waals surface area contributed by atoms with E-state index in [9.17, 15) is 4.79 Å². The number of nitrogens with one attached hydrogen (secondary N) is 2. The smallest absolute Gasteiger partial charge is 0.315 e. The molecular formula is C16H28N2O. The molecule has 0 aromatic heterocycles. The van der Waals surface area contributed by atoms with E-state index in [2.05, 4.69) is 44.2 Å². The zero-order valence-electron chi connectivity index (χ0n) is 12.8. The number of urea groups is 1. The van der Waals surface area contributed by atoms with Crippen molar-refractivity contribution in [1.29, 1.82) is 0 Å². The Morgan fingerprint density at radius 3 is 2.47 bits per heavy atom. The Hall–Kier alpha value is -1.17. The van der Waals surface area contributed by atoms with Crippen molar-refractivity contribution in [2.24, 2.45) is 11.3 Å². The molecule has 1 aliphatic rings. The van der Waals surface area contributed by atoms with E-state index in [4.69, 9.17) is 6.42 Å². The van der Waals surface area contributed by atoms with Crippen molar-refractivity contribution in [2.75, 3.05) is 0 Å². The summed E-state index contributed by atoms with van der Waals surface area (Å²) in [6.07, 6.45) is 10.4. The zero-order chi connectivity index (χ0) is 14.5. The molecule has 0 aromatic rings. The van der Waals surface area contributed by atoms with Gasteiger partial charge >= 0.3 is 6.03 Å². The highest BCUT2D eigenvalue weighted by Gasteiger charge is 2.29. The third-order valence-electron chi connectivity index (χ3n) is 3.68. The van der Waals surface area contributed by atoms with Crippen LogP contribution in [0.3, 0.4) is 0 Å². The van der Waals surface area contributed by atoms with Gasteiger partial charge in [0, 0.05) is 18.5 Å². The number of carbonyl (C=O) groups is 1. The van der Waals surface area contributed by atoms with Crippen LogP contribution in [0.5, 0.6) is 0 Å². The van der Waals surface area contributed by atoms with E-state index in [0.717, 1.165) is 32.1 Å². The minimum absolute atomic E-state index is 0.0213. The van der Waals surface area contributed by atoms with Crippen LogP contribution in [0.1, 0.15) is 59.8 Å². The molecule has 0 saturated heterocycles. The first-order valence-electron chi connectivity index (χ1n) is 7.33. The molecule has 1 rings (SSSR count). The fourth-order valence-electron chi connectivity index (χ4n) is 2.09. The van der Waals surface area contributed by atoms with Crippen LogP contribution in [0, 0.1) is 23.7 Å². The Kier molecular flexibility index (Phi) is 5.72. The molecule has 2 N–H and O–H groups in total. The summed E-state index contributed by atoms with van der Waals surface area (Å²) in [7, 11) is 0. The Morgan fingerprint density at radius 1 is 1.37 bits per heavy atom. The maximum Gasteiger partial charge on any atom is 0.315 e. The first kappa shape index (κ1) is 15.9. The van der Waals surface area contributed by atoms with Gasteiger partial charge in [0.05, 0.1) is 0 Å². The lowest BCUT2D eigenvalue weighted by Crippen LogP contribution is -2.48. The first-order chi connectivity index (χ1) is 8.82. The average Bonchev–Trinajstić information content (AvgIpc) is 3.06. The normalized spacial score (nSPS) is 18.3. The quantitative estimate of drug-likeness (QED) is 0.710. The molecule has 0 heterocycles. The lowest BCUT2D eigenvalue weighted by Gasteiger charge is -2.32. The van der Waals surface area contributed by atoms with Crippen molar-refractivity contribution in [3.05, 3.63) is 0 Å². The van der Waals surface area contributed by atoms with Gasteiger partial charge in [-0.2, -0.15) is 0 Å². The van der Waals surface area contributed by atoms with Crippen LogP contribution >= 0.6 is 0 Å². The topological polar surface area (TPSA) is 41.1 Å². The summed E-state index contributed by atoms with van der Waals surface area (Å²) in [4.78, 5) is 11.9. The van der Waals surface area contributed by atoms with E-state index in [1.807, 2.05) is 0 Å². The number of amides is 2. The van der Waals surface area contributed by atoms with Gasteiger partial charge < -0.3 is 10.6 Å². The average molecular weight is 264 g/mol. The largest absolute Gasteiger partial charge is 0.335 e. The number of hydrogen-bond donors (Lipinski definition) is 2. The Labute approximate surface area is 117 Å². The Balaban J connectivity index is 2.42. The Bertz CT molecular complexity index is 334. The molecule has 2 amide bonds. The summed E-state index contributed by atoms with van der Waals surface area (Å²) in [5.74, 6) is 3.22. The number of terminal acetylenes is 1. The summed E-state index contributed by atoms with van der Waals surface area (Å²) in [6, 6.07) is 0.569. The van der Waals surface area contributed by atoms with Crippen LogP contribution in [0.25, 0.3) is 0 Å². The van der Waals surface area contributed by atoms with E-state index < -0.39 is 0 Å². The zero-order valence-corrected chi connectivity index (χ0v) is 12.8. The maximum absolute atomic E-state index is 11.9. The molecule has 1 saturated carbocycles. The monoisotopic (exact) mass is 264 g/mol. The molecule has 0 spiro atoms. The van der Waals surface area contributed by atoms with Crippen LogP contribution in [-0.2, 0) is 0 Å². The van der Waals surface area contributed by atoms with Gasteiger partial charge in [0.2, 0.25) is 0 Å². The van der Waals surface area contributed by atoms with Crippen molar-refractivity contribution < 1.29 is 4.79 Å². The van der Waals surface area contributed by atoms with Crippen molar-refractivity contribution in [2.45, 2.75) is 71.9 Å². The lowest BCUT2D eigenvalue weighted by atomic mass is 9.82. The minimum Gasteiger partial charge on any atom is -0.335 e. The molecule has 108 valence electrons. The third-order valence-corrected chi connectivity index (χ3v) is 3.68. The van der Waals surface area contributed by atoms with Crippen molar-refractivity contribution in [3.63, 3.8) is 0 Å². The molecule has 19 heavy (non-hydrogen) atoms. The van der Waals surface area contributed by atoms with E-state index >= 15 is 0 Å². The predicted molar refractivity (Wildman–Crippen MR) is 79.8 cm³/mol. The van der Waals surface area contributed by atoms with Gasteiger partial charge in [-0.1, -0.05) is 27.7 Å². The highest BCUT2D eigenvalue weighted by Crippen LogP contribution is 2.25. The SMILES string of the molecule is C#CCC(C)CCC(NC(=O)NC1CC1)C(C)(C)C. The van der Waals surface area contributed by atoms with Crippen molar-refractivity contribution >= 4 is 6.03 Å². The third kappa shape index (κ3) is 6.52. The number of carbonyl (C=O) groups excluding carboxylic acids is 1.